The maximum absolute atomic E-state index is 12.3. The van der Waals surface area contributed by atoms with Gasteiger partial charge in [0.1, 0.15) is 11.6 Å². The van der Waals surface area contributed by atoms with Crippen LogP contribution in [0.5, 0.6) is 11.5 Å². The maximum atomic E-state index is 12.3. The molecule has 0 radical (unpaired) electrons. The highest BCUT2D eigenvalue weighted by atomic mass is 16.5. The number of hydrogen-bond acceptors (Lipinski definition) is 5. The van der Waals surface area contributed by atoms with Crippen molar-refractivity contribution in [3.63, 3.8) is 0 Å². The van der Waals surface area contributed by atoms with E-state index in [0.29, 0.717) is 37.6 Å². The summed E-state index contributed by atoms with van der Waals surface area (Å²) in [5.74, 6) is 0.981. The Hall–Kier alpha value is -3.20. The van der Waals surface area contributed by atoms with Crippen LogP contribution >= 0.6 is 0 Å². The van der Waals surface area contributed by atoms with E-state index in [4.69, 9.17) is 9.47 Å². The van der Waals surface area contributed by atoms with Gasteiger partial charge in [0, 0.05) is 25.8 Å². The van der Waals surface area contributed by atoms with Gasteiger partial charge in [0.15, 0.2) is 11.5 Å². The number of carbonyl (C=O) groups excluding carboxylic acids is 1. The average Bonchev–Trinajstić information content (AvgIpc) is 2.67. The van der Waals surface area contributed by atoms with Gasteiger partial charge < -0.3 is 19.7 Å². The minimum absolute atomic E-state index is 0.0426. The number of rotatable bonds is 11. The fourth-order valence-corrected chi connectivity index (χ4v) is 2.29. The van der Waals surface area contributed by atoms with Crippen molar-refractivity contribution in [3.8, 4) is 17.6 Å². The van der Waals surface area contributed by atoms with E-state index < -0.39 is 0 Å². The molecule has 1 rings (SSSR count). The fraction of sp³-hybridized carbons (Fsp3) is 0.300. The molecule has 0 saturated heterocycles. The van der Waals surface area contributed by atoms with Crippen LogP contribution in [0.3, 0.4) is 0 Å². The third-order valence-electron chi connectivity index (χ3n) is 3.59. The Balaban J connectivity index is 2.68. The van der Waals surface area contributed by atoms with Crippen LogP contribution in [-0.2, 0) is 11.2 Å². The first-order valence-electron chi connectivity index (χ1n) is 8.16. The van der Waals surface area contributed by atoms with Crippen LogP contribution in [0.2, 0.25) is 0 Å². The predicted octanol–water partition coefficient (Wildman–Crippen LogP) is 2.44. The van der Waals surface area contributed by atoms with Gasteiger partial charge >= 0.3 is 0 Å². The van der Waals surface area contributed by atoms with Crippen LogP contribution in [0.25, 0.3) is 0 Å². The molecule has 1 N–H and O–H groups in total. The van der Waals surface area contributed by atoms with Crippen molar-refractivity contribution in [2.45, 2.75) is 6.42 Å². The minimum atomic E-state index is -0.356. The van der Waals surface area contributed by atoms with Crippen molar-refractivity contribution < 1.29 is 14.3 Å². The zero-order chi connectivity index (χ0) is 19.4. The number of benzene rings is 1. The molecule has 6 heteroatoms. The first-order valence-corrected chi connectivity index (χ1v) is 8.16. The number of carbonyl (C=O) groups is 1. The van der Waals surface area contributed by atoms with E-state index in [1.54, 1.807) is 26.4 Å². The largest absolute Gasteiger partial charge is 0.493 e. The summed E-state index contributed by atoms with van der Waals surface area (Å²) < 4.78 is 10.5. The smallest absolute Gasteiger partial charge is 0.266 e. The highest BCUT2D eigenvalue weighted by molar-refractivity contribution is 5.97. The quantitative estimate of drug-likeness (QED) is 0.286. The molecular formula is C20H25N3O3. The van der Waals surface area contributed by atoms with Crippen LogP contribution in [0.4, 0.5) is 0 Å². The predicted molar refractivity (Wildman–Crippen MR) is 102 cm³/mol. The van der Waals surface area contributed by atoms with Crippen LogP contribution in [0, 0.1) is 11.3 Å². The Bertz CT molecular complexity index is 695. The number of ether oxygens (including phenoxy) is 2. The molecule has 6 nitrogen and oxygen atoms in total. The number of methoxy groups -OCH3 is 2. The summed E-state index contributed by atoms with van der Waals surface area (Å²) in [5.41, 5.74) is 1.09. The van der Waals surface area contributed by atoms with E-state index in [1.807, 2.05) is 24.3 Å². The molecule has 0 aromatic heterocycles. The molecule has 1 amide bonds. The van der Waals surface area contributed by atoms with E-state index >= 15 is 0 Å². The van der Waals surface area contributed by atoms with Crippen molar-refractivity contribution in [1.29, 1.82) is 5.26 Å². The van der Waals surface area contributed by atoms with Crippen LogP contribution in [0.15, 0.2) is 55.3 Å². The zero-order valence-electron chi connectivity index (χ0n) is 15.3. The van der Waals surface area contributed by atoms with Crippen molar-refractivity contribution in [2.24, 2.45) is 0 Å². The lowest BCUT2D eigenvalue weighted by Crippen LogP contribution is -2.32. The Labute approximate surface area is 155 Å². The molecule has 0 heterocycles. The third kappa shape index (κ3) is 6.02. The van der Waals surface area contributed by atoms with Gasteiger partial charge in [-0.2, -0.15) is 5.26 Å². The normalized spacial score (nSPS) is 10.4. The number of nitrogens with zero attached hydrogens (tertiary/aromatic N) is 2. The highest BCUT2D eigenvalue weighted by Crippen LogP contribution is 2.27. The number of nitriles is 1. The Morgan fingerprint density at radius 1 is 1.23 bits per heavy atom. The highest BCUT2D eigenvalue weighted by Gasteiger charge is 2.15. The first-order chi connectivity index (χ1) is 12.6. The zero-order valence-corrected chi connectivity index (χ0v) is 15.3. The molecule has 0 spiro atoms. The van der Waals surface area contributed by atoms with Gasteiger partial charge in [0.2, 0.25) is 0 Å². The minimum Gasteiger partial charge on any atom is -0.493 e. The van der Waals surface area contributed by atoms with Crippen molar-refractivity contribution >= 4 is 5.91 Å². The van der Waals surface area contributed by atoms with Gasteiger partial charge in [-0.05, 0) is 24.1 Å². The molecule has 0 unspecified atom stereocenters. The Kier molecular flexibility index (Phi) is 9.12. The van der Waals surface area contributed by atoms with Crippen LogP contribution < -0.4 is 14.8 Å². The topological polar surface area (TPSA) is 74.6 Å². The molecule has 0 aliphatic carbocycles. The molecule has 0 atom stereocenters. The standard InChI is InChI=1S/C20H25N3O3/c1-5-11-23(12-6-2)20(24)17(14-21)15-22-10-9-16-7-8-18(25-3)19(13-16)26-4/h5-8,13,15,22H,1-2,9-12H2,3-4H3/b17-15-. The molecule has 138 valence electrons. The van der Waals surface area contributed by atoms with Gasteiger partial charge in [0.05, 0.1) is 14.2 Å². The molecule has 1 aromatic carbocycles. The van der Waals surface area contributed by atoms with Crippen molar-refractivity contribution in [2.75, 3.05) is 33.9 Å². The summed E-state index contributed by atoms with van der Waals surface area (Å²) in [7, 11) is 3.18. The van der Waals surface area contributed by atoms with E-state index in [1.165, 1.54) is 11.1 Å². The molecule has 26 heavy (non-hydrogen) atoms. The summed E-state index contributed by atoms with van der Waals surface area (Å²) in [6, 6.07) is 7.62. The summed E-state index contributed by atoms with van der Waals surface area (Å²) in [6.07, 6.45) is 5.37. The molecule has 0 aliphatic heterocycles. The summed E-state index contributed by atoms with van der Waals surface area (Å²) in [5, 5.41) is 12.3. The lowest BCUT2D eigenvalue weighted by molar-refractivity contribution is -0.125. The third-order valence-corrected chi connectivity index (χ3v) is 3.59. The van der Waals surface area contributed by atoms with E-state index in [-0.39, 0.29) is 11.5 Å². The summed E-state index contributed by atoms with van der Waals surface area (Å²) in [4.78, 5) is 13.8. The first kappa shape index (κ1) is 20.8. The molecule has 0 bridgehead atoms. The molecule has 1 aromatic rings. The summed E-state index contributed by atoms with van der Waals surface area (Å²) >= 11 is 0. The van der Waals surface area contributed by atoms with Gasteiger partial charge in [-0.3, -0.25) is 4.79 Å². The van der Waals surface area contributed by atoms with Crippen LogP contribution in [-0.4, -0.2) is 44.7 Å². The van der Waals surface area contributed by atoms with Gasteiger partial charge in [-0.15, -0.1) is 13.2 Å². The van der Waals surface area contributed by atoms with E-state index in [2.05, 4.69) is 18.5 Å². The lowest BCUT2D eigenvalue weighted by atomic mass is 10.1. The number of hydrogen-bond donors (Lipinski definition) is 1. The van der Waals surface area contributed by atoms with Gasteiger partial charge in [0.25, 0.3) is 5.91 Å². The lowest BCUT2D eigenvalue weighted by Gasteiger charge is -2.18. The molecule has 0 saturated carbocycles. The Morgan fingerprint density at radius 3 is 2.42 bits per heavy atom. The Morgan fingerprint density at radius 2 is 1.88 bits per heavy atom. The van der Waals surface area contributed by atoms with E-state index in [0.717, 1.165) is 5.56 Å². The average molecular weight is 355 g/mol. The van der Waals surface area contributed by atoms with Crippen molar-refractivity contribution in [3.05, 3.63) is 60.8 Å². The maximum Gasteiger partial charge on any atom is 0.266 e. The fourth-order valence-electron chi connectivity index (χ4n) is 2.29. The van der Waals surface area contributed by atoms with Gasteiger partial charge in [-0.1, -0.05) is 18.2 Å². The molecule has 0 fully saturated rings. The SMILES string of the molecule is C=CCN(CC=C)C(=O)/C(C#N)=C\NCCc1ccc(OC)c(OC)c1. The second kappa shape index (κ2) is 11.4. The summed E-state index contributed by atoms with van der Waals surface area (Å²) in [6.45, 7) is 8.52. The number of amides is 1. The molecule has 0 aliphatic rings. The van der Waals surface area contributed by atoms with E-state index in [9.17, 15) is 10.1 Å². The van der Waals surface area contributed by atoms with Gasteiger partial charge in [-0.25, -0.2) is 0 Å². The van der Waals surface area contributed by atoms with Crippen molar-refractivity contribution in [1.82, 2.24) is 10.2 Å². The monoisotopic (exact) mass is 355 g/mol. The molecular weight excluding hydrogens is 330 g/mol. The second-order valence-corrected chi connectivity index (χ2v) is 5.35. The second-order valence-electron chi connectivity index (χ2n) is 5.35. The van der Waals surface area contributed by atoms with Crippen LogP contribution in [0.1, 0.15) is 5.56 Å². The number of nitrogens with one attached hydrogen (secondary N) is 1.